The van der Waals surface area contributed by atoms with E-state index in [1.165, 1.54) is 12.1 Å². The fourth-order valence-corrected chi connectivity index (χ4v) is 3.68. The first-order valence-corrected chi connectivity index (χ1v) is 11.0. The minimum Gasteiger partial charge on any atom is -0.336 e. The molecule has 5 nitrogen and oxygen atoms in total. The van der Waals surface area contributed by atoms with Crippen LogP contribution in [0.4, 0.5) is 4.39 Å². The lowest BCUT2D eigenvalue weighted by Gasteiger charge is -2.25. The zero-order chi connectivity index (χ0) is 20.8. The van der Waals surface area contributed by atoms with Crippen LogP contribution in [-0.4, -0.2) is 58.7 Å². The largest absolute Gasteiger partial charge is 0.336 e. The van der Waals surface area contributed by atoms with Crippen molar-refractivity contribution in [3.63, 3.8) is 0 Å². The monoisotopic (exact) mass is 414 g/mol. The Bertz CT molecular complexity index is 955. The van der Waals surface area contributed by atoms with Gasteiger partial charge in [-0.1, -0.05) is 24.3 Å². The molecule has 1 amide bonds. The van der Waals surface area contributed by atoms with E-state index in [9.17, 15) is 9.18 Å². The fraction of sp³-hybridized carbons (Fsp3) is 0.364. The standard InChI is InChI=1S/C22H27FN4OS/c1-25(2)12-13-26(14-17-8-10-18(23)11-9-17)22(28)15-27-20-7-5-4-6-19(20)24-21(27)16-29-3/h4-11H,12-16H2,1-3H3. The van der Waals surface area contributed by atoms with E-state index in [0.29, 0.717) is 13.1 Å². The molecule has 1 heterocycles. The Balaban J connectivity index is 1.84. The van der Waals surface area contributed by atoms with Crippen LogP contribution in [0.1, 0.15) is 11.4 Å². The molecule has 0 aliphatic rings. The van der Waals surface area contributed by atoms with Gasteiger partial charge in [0.25, 0.3) is 0 Å². The molecule has 0 unspecified atom stereocenters. The molecular formula is C22H27FN4OS. The Morgan fingerprint density at radius 3 is 2.52 bits per heavy atom. The molecule has 3 aromatic rings. The Morgan fingerprint density at radius 2 is 1.83 bits per heavy atom. The number of fused-ring (bicyclic) bond motifs is 1. The molecule has 0 aliphatic carbocycles. The van der Waals surface area contributed by atoms with Gasteiger partial charge in [-0.25, -0.2) is 9.37 Å². The number of para-hydroxylation sites is 2. The minimum absolute atomic E-state index is 0.0293. The average molecular weight is 415 g/mol. The van der Waals surface area contributed by atoms with E-state index >= 15 is 0 Å². The van der Waals surface area contributed by atoms with E-state index < -0.39 is 0 Å². The van der Waals surface area contributed by atoms with Crippen LogP contribution in [-0.2, 0) is 23.6 Å². The van der Waals surface area contributed by atoms with Gasteiger partial charge in [-0.05, 0) is 50.2 Å². The second-order valence-electron chi connectivity index (χ2n) is 7.28. The van der Waals surface area contributed by atoms with Gasteiger partial charge < -0.3 is 14.4 Å². The summed E-state index contributed by atoms with van der Waals surface area (Å²) in [6.07, 6.45) is 2.03. The van der Waals surface area contributed by atoms with Gasteiger partial charge in [0.05, 0.1) is 16.8 Å². The highest BCUT2D eigenvalue weighted by molar-refractivity contribution is 7.97. The molecule has 0 bridgehead atoms. The molecule has 0 atom stereocenters. The van der Waals surface area contributed by atoms with Crippen LogP contribution in [0.25, 0.3) is 11.0 Å². The summed E-state index contributed by atoms with van der Waals surface area (Å²) in [5, 5.41) is 0. The number of benzene rings is 2. The number of carbonyl (C=O) groups excluding carboxylic acids is 1. The summed E-state index contributed by atoms with van der Waals surface area (Å²) in [6, 6.07) is 14.2. The van der Waals surface area contributed by atoms with Crippen LogP contribution >= 0.6 is 11.8 Å². The van der Waals surface area contributed by atoms with Crippen molar-refractivity contribution in [3.05, 3.63) is 65.7 Å². The summed E-state index contributed by atoms with van der Waals surface area (Å²) in [4.78, 5) is 21.9. The lowest BCUT2D eigenvalue weighted by atomic mass is 10.2. The number of rotatable bonds is 9. The van der Waals surface area contributed by atoms with Gasteiger partial charge in [-0.2, -0.15) is 11.8 Å². The fourth-order valence-electron chi connectivity index (χ4n) is 3.20. The number of imidazole rings is 1. The Labute approximate surface area is 175 Å². The Hall–Kier alpha value is -2.38. The van der Waals surface area contributed by atoms with E-state index in [1.54, 1.807) is 23.9 Å². The minimum atomic E-state index is -0.272. The predicted octanol–water partition coefficient (Wildman–Crippen LogP) is 3.63. The molecule has 7 heteroatoms. The molecule has 0 saturated carbocycles. The van der Waals surface area contributed by atoms with E-state index in [-0.39, 0.29) is 18.3 Å². The third-order valence-corrected chi connectivity index (χ3v) is 5.30. The zero-order valence-electron chi connectivity index (χ0n) is 17.1. The highest BCUT2D eigenvalue weighted by Crippen LogP contribution is 2.19. The van der Waals surface area contributed by atoms with Crippen molar-refractivity contribution in [1.82, 2.24) is 19.4 Å². The SMILES string of the molecule is CSCc1nc2ccccc2n1CC(=O)N(CCN(C)C)Cc1ccc(F)cc1. The molecule has 0 aliphatic heterocycles. The number of halogens is 1. The number of carbonyl (C=O) groups is 1. The highest BCUT2D eigenvalue weighted by Gasteiger charge is 2.19. The van der Waals surface area contributed by atoms with Crippen LogP contribution in [0.5, 0.6) is 0 Å². The van der Waals surface area contributed by atoms with Gasteiger partial charge in [-0.3, -0.25) is 4.79 Å². The maximum absolute atomic E-state index is 13.3. The molecule has 0 radical (unpaired) electrons. The number of amides is 1. The van der Waals surface area contributed by atoms with Gasteiger partial charge in [0, 0.05) is 19.6 Å². The smallest absolute Gasteiger partial charge is 0.242 e. The Kier molecular flexibility index (Phi) is 7.28. The summed E-state index contributed by atoms with van der Waals surface area (Å²) >= 11 is 1.69. The Morgan fingerprint density at radius 1 is 1.10 bits per heavy atom. The van der Waals surface area contributed by atoms with Gasteiger partial charge in [-0.15, -0.1) is 0 Å². The van der Waals surface area contributed by atoms with E-state index in [4.69, 9.17) is 4.98 Å². The normalized spacial score (nSPS) is 11.3. The van der Waals surface area contributed by atoms with Crippen LogP contribution in [0, 0.1) is 5.82 Å². The summed E-state index contributed by atoms with van der Waals surface area (Å²) in [5.41, 5.74) is 2.79. The van der Waals surface area contributed by atoms with Crippen molar-refractivity contribution >= 4 is 28.7 Å². The van der Waals surface area contributed by atoms with Gasteiger partial charge in [0.15, 0.2) is 0 Å². The lowest BCUT2D eigenvalue weighted by Crippen LogP contribution is -2.38. The highest BCUT2D eigenvalue weighted by atomic mass is 32.2. The molecule has 0 spiro atoms. The summed E-state index contributed by atoms with van der Waals surface area (Å²) in [7, 11) is 3.97. The number of nitrogens with zero attached hydrogens (tertiary/aromatic N) is 4. The van der Waals surface area contributed by atoms with E-state index in [1.807, 2.05) is 54.1 Å². The van der Waals surface area contributed by atoms with Gasteiger partial charge >= 0.3 is 0 Å². The summed E-state index contributed by atoms with van der Waals surface area (Å²) < 4.78 is 15.3. The number of likely N-dealkylation sites (N-methyl/N-ethyl adjacent to an activating group) is 1. The summed E-state index contributed by atoms with van der Waals surface area (Å²) in [6.45, 7) is 2.06. The van der Waals surface area contributed by atoms with Crippen molar-refractivity contribution in [2.75, 3.05) is 33.4 Å². The first-order valence-electron chi connectivity index (χ1n) is 9.58. The van der Waals surface area contributed by atoms with E-state index in [2.05, 4.69) is 4.90 Å². The van der Waals surface area contributed by atoms with Gasteiger partial charge in [0.1, 0.15) is 18.2 Å². The second kappa shape index (κ2) is 9.89. The quantitative estimate of drug-likeness (QED) is 0.536. The third kappa shape index (κ3) is 5.58. The van der Waals surface area contributed by atoms with Crippen molar-refractivity contribution in [3.8, 4) is 0 Å². The molecule has 0 saturated heterocycles. The van der Waals surface area contributed by atoms with Crippen molar-refractivity contribution in [2.24, 2.45) is 0 Å². The molecule has 3 rings (SSSR count). The third-order valence-electron chi connectivity index (χ3n) is 4.76. The molecule has 2 aromatic carbocycles. The number of thioether (sulfide) groups is 1. The van der Waals surface area contributed by atoms with Crippen molar-refractivity contribution in [2.45, 2.75) is 18.8 Å². The number of aromatic nitrogens is 2. The molecule has 1 aromatic heterocycles. The first kappa shape index (κ1) is 21.3. The van der Waals surface area contributed by atoms with E-state index in [0.717, 1.165) is 34.7 Å². The first-order chi connectivity index (χ1) is 14.0. The predicted molar refractivity (Wildman–Crippen MR) is 117 cm³/mol. The van der Waals surface area contributed by atoms with Crippen LogP contribution in [0.3, 0.4) is 0 Å². The van der Waals surface area contributed by atoms with Gasteiger partial charge in [0.2, 0.25) is 5.91 Å². The molecule has 0 N–H and O–H groups in total. The van der Waals surface area contributed by atoms with Crippen LogP contribution < -0.4 is 0 Å². The van der Waals surface area contributed by atoms with Crippen molar-refractivity contribution < 1.29 is 9.18 Å². The number of hydrogen-bond donors (Lipinski definition) is 0. The average Bonchev–Trinajstić information content (AvgIpc) is 3.04. The second-order valence-corrected chi connectivity index (χ2v) is 8.15. The topological polar surface area (TPSA) is 41.4 Å². The van der Waals surface area contributed by atoms with Crippen LogP contribution in [0.15, 0.2) is 48.5 Å². The molecule has 154 valence electrons. The zero-order valence-corrected chi connectivity index (χ0v) is 18.0. The van der Waals surface area contributed by atoms with Crippen molar-refractivity contribution in [1.29, 1.82) is 0 Å². The summed E-state index contributed by atoms with van der Waals surface area (Å²) in [5.74, 6) is 1.41. The maximum Gasteiger partial charge on any atom is 0.242 e. The molecule has 29 heavy (non-hydrogen) atoms. The maximum atomic E-state index is 13.3. The number of hydrogen-bond acceptors (Lipinski definition) is 4. The van der Waals surface area contributed by atoms with Crippen LogP contribution in [0.2, 0.25) is 0 Å². The molecule has 0 fully saturated rings. The lowest BCUT2D eigenvalue weighted by molar-refractivity contribution is -0.132. The molecular weight excluding hydrogens is 387 g/mol.